The van der Waals surface area contributed by atoms with Crippen LogP contribution in [0.15, 0.2) is 54.6 Å². The number of non-ortho nitro benzene ring substituents is 1. The molecule has 23 heavy (non-hydrogen) atoms. The van der Waals surface area contributed by atoms with Gasteiger partial charge in [0, 0.05) is 24.8 Å². The number of nitro groups is 1. The number of nitro benzene ring substituents is 1. The fraction of sp³-hybridized carbons (Fsp3) is 0.118. The molecule has 1 N–H and O–H groups in total. The van der Waals surface area contributed by atoms with E-state index in [2.05, 4.69) is 5.32 Å². The van der Waals surface area contributed by atoms with Crippen molar-refractivity contribution in [3.63, 3.8) is 0 Å². The van der Waals surface area contributed by atoms with Crippen LogP contribution < -0.4 is 5.32 Å². The van der Waals surface area contributed by atoms with E-state index in [0.29, 0.717) is 18.5 Å². The first kappa shape index (κ1) is 16.4. The lowest BCUT2D eigenvalue weighted by Gasteiger charge is -2.03. The Kier molecular flexibility index (Phi) is 5.57. The van der Waals surface area contributed by atoms with Crippen molar-refractivity contribution in [3.05, 3.63) is 81.7 Å². The lowest BCUT2D eigenvalue weighted by atomic mass is 10.1. The molecule has 2 aromatic rings. The first-order valence-electron chi connectivity index (χ1n) is 6.99. The molecule has 0 spiro atoms. The Labute approximate surface area is 132 Å². The predicted molar refractivity (Wildman–Crippen MR) is 85.2 cm³/mol. The van der Waals surface area contributed by atoms with E-state index >= 15 is 0 Å². The second-order valence-corrected chi connectivity index (χ2v) is 4.85. The number of halogens is 1. The smallest absolute Gasteiger partial charge is 0.269 e. The molecular formula is C17H15FN2O3. The van der Waals surface area contributed by atoms with Crippen LogP contribution in [0.3, 0.4) is 0 Å². The van der Waals surface area contributed by atoms with Crippen LogP contribution in [0.25, 0.3) is 6.08 Å². The standard InChI is InChI=1S/C17H15FN2O3/c18-15-3-1-2-14(12-15)10-11-19-17(21)9-6-13-4-7-16(8-5-13)20(22)23/h1-9,12H,10-11H2,(H,19,21)/b9-6+. The first-order chi connectivity index (χ1) is 11.0. The molecule has 2 rings (SSSR count). The number of carbonyl (C=O) groups is 1. The van der Waals surface area contributed by atoms with Crippen molar-refractivity contribution >= 4 is 17.7 Å². The minimum absolute atomic E-state index is 0.00157. The fourth-order valence-corrected chi connectivity index (χ4v) is 1.96. The summed E-state index contributed by atoms with van der Waals surface area (Å²) in [6.45, 7) is 0.396. The average molecular weight is 314 g/mol. The highest BCUT2D eigenvalue weighted by atomic mass is 19.1. The lowest BCUT2D eigenvalue weighted by molar-refractivity contribution is -0.384. The highest BCUT2D eigenvalue weighted by molar-refractivity contribution is 5.91. The molecule has 0 aliphatic heterocycles. The summed E-state index contributed by atoms with van der Waals surface area (Å²) in [4.78, 5) is 21.7. The fourth-order valence-electron chi connectivity index (χ4n) is 1.96. The van der Waals surface area contributed by atoms with Gasteiger partial charge in [0.1, 0.15) is 5.82 Å². The van der Waals surface area contributed by atoms with Gasteiger partial charge in [-0.25, -0.2) is 4.39 Å². The summed E-state index contributed by atoms with van der Waals surface area (Å²) in [5, 5.41) is 13.2. The Morgan fingerprint density at radius 1 is 1.22 bits per heavy atom. The van der Waals surface area contributed by atoms with E-state index < -0.39 is 4.92 Å². The Morgan fingerprint density at radius 2 is 1.96 bits per heavy atom. The molecule has 0 aliphatic rings. The van der Waals surface area contributed by atoms with Crippen molar-refractivity contribution in [2.24, 2.45) is 0 Å². The molecule has 6 heteroatoms. The normalized spacial score (nSPS) is 10.7. The molecule has 0 bridgehead atoms. The Morgan fingerprint density at radius 3 is 2.61 bits per heavy atom. The summed E-state index contributed by atoms with van der Waals surface area (Å²) in [6, 6.07) is 12.1. The molecule has 118 valence electrons. The van der Waals surface area contributed by atoms with Gasteiger partial charge in [0.25, 0.3) is 5.69 Å². The van der Waals surface area contributed by atoms with Crippen molar-refractivity contribution in [2.45, 2.75) is 6.42 Å². The number of amides is 1. The number of nitrogens with zero attached hydrogens (tertiary/aromatic N) is 1. The van der Waals surface area contributed by atoms with E-state index in [4.69, 9.17) is 0 Å². The van der Waals surface area contributed by atoms with Gasteiger partial charge < -0.3 is 5.32 Å². The van der Waals surface area contributed by atoms with Crippen LogP contribution in [0.2, 0.25) is 0 Å². The van der Waals surface area contributed by atoms with E-state index in [1.54, 1.807) is 30.3 Å². The summed E-state index contributed by atoms with van der Waals surface area (Å²) in [5.74, 6) is -0.577. The maximum atomic E-state index is 13.0. The van der Waals surface area contributed by atoms with E-state index in [1.807, 2.05) is 0 Å². The average Bonchev–Trinajstić information content (AvgIpc) is 2.53. The number of nitrogens with one attached hydrogen (secondary N) is 1. The van der Waals surface area contributed by atoms with Gasteiger partial charge in [0.2, 0.25) is 5.91 Å². The van der Waals surface area contributed by atoms with Gasteiger partial charge in [-0.05, 0) is 47.9 Å². The first-order valence-corrected chi connectivity index (χ1v) is 6.99. The molecule has 0 radical (unpaired) electrons. The second kappa shape index (κ2) is 7.84. The van der Waals surface area contributed by atoms with Gasteiger partial charge in [0.05, 0.1) is 4.92 Å². The van der Waals surface area contributed by atoms with E-state index in [1.165, 1.54) is 30.3 Å². The summed E-state index contributed by atoms with van der Waals surface area (Å²) >= 11 is 0. The van der Waals surface area contributed by atoms with Crippen molar-refractivity contribution in [1.82, 2.24) is 5.32 Å². The van der Waals surface area contributed by atoms with Crippen LogP contribution in [0.5, 0.6) is 0 Å². The van der Waals surface area contributed by atoms with Crippen molar-refractivity contribution in [1.29, 1.82) is 0 Å². The van der Waals surface area contributed by atoms with Crippen LogP contribution in [-0.2, 0) is 11.2 Å². The third kappa shape index (κ3) is 5.35. The monoisotopic (exact) mass is 314 g/mol. The molecule has 0 saturated carbocycles. The number of hydrogen-bond donors (Lipinski definition) is 1. The number of rotatable bonds is 6. The molecule has 0 atom stereocenters. The minimum atomic E-state index is -0.480. The zero-order valence-electron chi connectivity index (χ0n) is 12.2. The Balaban J connectivity index is 1.81. The third-order valence-electron chi connectivity index (χ3n) is 3.13. The highest BCUT2D eigenvalue weighted by Crippen LogP contribution is 2.12. The van der Waals surface area contributed by atoms with Crippen LogP contribution in [0.1, 0.15) is 11.1 Å². The maximum absolute atomic E-state index is 13.0. The summed E-state index contributed by atoms with van der Waals surface area (Å²) in [6.07, 6.45) is 3.46. The number of benzene rings is 2. The molecule has 0 heterocycles. The van der Waals surface area contributed by atoms with Crippen LogP contribution in [0.4, 0.5) is 10.1 Å². The highest BCUT2D eigenvalue weighted by Gasteiger charge is 2.03. The summed E-state index contributed by atoms with van der Waals surface area (Å²) in [5.41, 5.74) is 1.50. The number of carbonyl (C=O) groups excluding carboxylic acids is 1. The van der Waals surface area contributed by atoms with Crippen molar-refractivity contribution < 1.29 is 14.1 Å². The van der Waals surface area contributed by atoms with Crippen molar-refractivity contribution in [2.75, 3.05) is 6.54 Å². The maximum Gasteiger partial charge on any atom is 0.269 e. The molecule has 0 saturated heterocycles. The summed E-state index contributed by atoms with van der Waals surface area (Å²) in [7, 11) is 0. The van der Waals surface area contributed by atoms with E-state index in [9.17, 15) is 19.3 Å². The van der Waals surface area contributed by atoms with Crippen LogP contribution >= 0.6 is 0 Å². The SMILES string of the molecule is O=C(/C=C/c1ccc([N+](=O)[O-])cc1)NCCc1cccc(F)c1. The molecule has 5 nitrogen and oxygen atoms in total. The Hall–Kier alpha value is -3.02. The van der Waals surface area contributed by atoms with Crippen LogP contribution in [-0.4, -0.2) is 17.4 Å². The topological polar surface area (TPSA) is 72.2 Å². The van der Waals surface area contributed by atoms with E-state index in [0.717, 1.165) is 5.56 Å². The largest absolute Gasteiger partial charge is 0.352 e. The van der Waals surface area contributed by atoms with Gasteiger partial charge in [-0.2, -0.15) is 0 Å². The zero-order valence-corrected chi connectivity index (χ0v) is 12.2. The van der Waals surface area contributed by atoms with Gasteiger partial charge in [-0.1, -0.05) is 12.1 Å². The molecule has 0 aliphatic carbocycles. The van der Waals surface area contributed by atoms with Crippen molar-refractivity contribution in [3.8, 4) is 0 Å². The zero-order chi connectivity index (χ0) is 16.7. The molecule has 2 aromatic carbocycles. The molecule has 0 aromatic heterocycles. The molecule has 0 unspecified atom stereocenters. The second-order valence-electron chi connectivity index (χ2n) is 4.85. The quantitative estimate of drug-likeness (QED) is 0.506. The van der Waals surface area contributed by atoms with E-state index in [-0.39, 0.29) is 17.4 Å². The molecule has 1 amide bonds. The Bertz CT molecular complexity index is 727. The van der Waals surface area contributed by atoms with Gasteiger partial charge in [0.15, 0.2) is 0 Å². The lowest BCUT2D eigenvalue weighted by Crippen LogP contribution is -2.23. The summed E-state index contributed by atoms with van der Waals surface area (Å²) < 4.78 is 13.0. The van der Waals surface area contributed by atoms with Gasteiger partial charge in [-0.15, -0.1) is 0 Å². The predicted octanol–water partition coefficient (Wildman–Crippen LogP) is 3.11. The van der Waals surface area contributed by atoms with Gasteiger partial charge in [-0.3, -0.25) is 14.9 Å². The van der Waals surface area contributed by atoms with Crippen LogP contribution in [0, 0.1) is 15.9 Å². The number of hydrogen-bond acceptors (Lipinski definition) is 3. The third-order valence-corrected chi connectivity index (χ3v) is 3.13. The van der Waals surface area contributed by atoms with Gasteiger partial charge >= 0.3 is 0 Å². The molecule has 0 fully saturated rings. The molecular weight excluding hydrogens is 299 g/mol. The minimum Gasteiger partial charge on any atom is -0.352 e.